The van der Waals surface area contributed by atoms with Crippen LogP contribution >= 0.6 is 0 Å². The summed E-state index contributed by atoms with van der Waals surface area (Å²) < 4.78 is 12.0. The van der Waals surface area contributed by atoms with Crippen molar-refractivity contribution in [1.82, 2.24) is 0 Å². The van der Waals surface area contributed by atoms with E-state index in [9.17, 15) is 0 Å². The van der Waals surface area contributed by atoms with Crippen LogP contribution in [0.2, 0.25) is 0 Å². The molecule has 0 aliphatic rings. The Morgan fingerprint density at radius 3 is 1.46 bits per heavy atom. The lowest BCUT2D eigenvalue weighted by atomic mass is 10.0. The minimum atomic E-state index is 0.149. The highest BCUT2D eigenvalue weighted by Gasteiger charge is 2.07. The van der Waals surface area contributed by atoms with Crippen LogP contribution in [0.1, 0.15) is 129 Å². The van der Waals surface area contributed by atoms with Gasteiger partial charge < -0.3 is 9.47 Å². The predicted molar refractivity (Wildman–Crippen MR) is 152 cm³/mol. The molecule has 0 aliphatic heterocycles. The molecular formula is C33H52O2. The molecule has 0 amide bonds. The Hall–Kier alpha value is -1.80. The lowest BCUT2D eigenvalue weighted by Crippen LogP contribution is -2.01. The van der Waals surface area contributed by atoms with Crippen LogP contribution in [-0.4, -0.2) is 13.2 Å². The van der Waals surface area contributed by atoms with Crippen LogP contribution in [0.3, 0.4) is 0 Å². The average molecular weight is 481 g/mol. The fraction of sp³-hybridized carbons (Fsp3) is 0.636. The van der Waals surface area contributed by atoms with Gasteiger partial charge in [0.1, 0.15) is 5.75 Å². The number of unbranched alkanes of at least 4 members (excludes halogenated alkanes) is 13. The average Bonchev–Trinajstić information content (AvgIpc) is 2.89. The molecule has 35 heavy (non-hydrogen) atoms. The molecule has 0 heterocycles. The minimum absolute atomic E-state index is 0.149. The van der Waals surface area contributed by atoms with E-state index in [4.69, 9.17) is 9.47 Å². The van der Waals surface area contributed by atoms with E-state index in [0.29, 0.717) is 0 Å². The number of hydrogen-bond acceptors (Lipinski definition) is 2. The normalized spacial score (nSPS) is 12.1. The smallest absolute Gasteiger partial charge is 0.119 e. The Morgan fingerprint density at radius 2 is 0.943 bits per heavy atom. The van der Waals surface area contributed by atoms with E-state index in [0.717, 1.165) is 25.4 Å². The molecule has 1 atom stereocenters. The first-order valence-corrected chi connectivity index (χ1v) is 14.7. The molecular weight excluding hydrogens is 428 g/mol. The van der Waals surface area contributed by atoms with Crippen molar-refractivity contribution in [3.63, 3.8) is 0 Å². The SMILES string of the molecule is CCCCCCCCCCCOC(C)c1ccc(-c2ccc(OCCCCCCCC)cc2)cc1. The van der Waals surface area contributed by atoms with E-state index < -0.39 is 0 Å². The van der Waals surface area contributed by atoms with Gasteiger partial charge in [0.05, 0.1) is 12.7 Å². The molecule has 0 radical (unpaired) electrons. The number of ether oxygens (including phenoxy) is 2. The lowest BCUT2D eigenvalue weighted by Gasteiger charge is -2.14. The first-order chi connectivity index (χ1) is 17.2. The van der Waals surface area contributed by atoms with Crippen LogP contribution in [0.4, 0.5) is 0 Å². The molecule has 2 heteroatoms. The summed E-state index contributed by atoms with van der Waals surface area (Å²) in [6.45, 7) is 8.38. The maximum atomic E-state index is 6.11. The number of rotatable bonds is 21. The van der Waals surface area contributed by atoms with Gasteiger partial charge in [-0.25, -0.2) is 0 Å². The van der Waals surface area contributed by atoms with Crippen LogP contribution < -0.4 is 4.74 Å². The first kappa shape index (κ1) is 29.4. The molecule has 0 saturated carbocycles. The Kier molecular flexibility index (Phi) is 16.3. The molecule has 2 rings (SSSR count). The molecule has 1 unspecified atom stereocenters. The maximum absolute atomic E-state index is 6.11. The molecule has 2 aromatic rings. The van der Waals surface area contributed by atoms with Crippen LogP contribution in [0.15, 0.2) is 48.5 Å². The summed E-state index contributed by atoms with van der Waals surface area (Å²) in [5, 5.41) is 0. The van der Waals surface area contributed by atoms with Gasteiger partial charge in [-0.3, -0.25) is 0 Å². The zero-order valence-corrected chi connectivity index (χ0v) is 23.0. The van der Waals surface area contributed by atoms with Crippen LogP contribution in [0.25, 0.3) is 11.1 Å². The van der Waals surface area contributed by atoms with E-state index in [1.54, 1.807) is 0 Å². The van der Waals surface area contributed by atoms with Gasteiger partial charge in [0.25, 0.3) is 0 Å². The highest BCUT2D eigenvalue weighted by molar-refractivity contribution is 5.64. The van der Waals surface area contributed by atoms with Crippen molar-refractivity contribution < 1.29 is 9.47 Å². The van der Waals surface area contributed by atoms with Crippen molar-refractivity contribution in [1.29, 1.82) is 0 Å². The van der Waals surface area contributed by atoms with Crippen LogP contribution in [-0.2, 0) is 4.74 Å². The number of hydrogen-bond donors (Lipinski definition) is 0. The third-order valence-corrected chi connectivity index (χ3v) is 6.95. The van der Waals surface area contributed by atoms with E-state index in [-0.39, 0.29) is 6.10 Å². The summed E-state index contributed by atoms with van der Waals surface area (Å²) in [4.78, 5) is 0. The van der Waals surface area contributed by atoms with Crippen LogP contribution in [0, 0.1) is 0 Å². The van der Waals surface area contributed by atoms with E-state index in [1.807, 2.05) is 0 Å². The van der Waals surface area contributed by atoms with Crippen molar-refractivity contribution in [2.24, 2.45) is 0 Å². The van der Waals surface area contributed by atoms with Gasteiger partial charge in [-0.1, -0.05) is 134 Å². The largest absolute Gasteiger partial charge is 0.494 e. The Morgan fingerprint density at radius 1 is 0.514 bits per heavy atom. The minimum Gasteiger partial charge on any atom is -0.494 e. The fourth-order valence-corrected chi connectivity index (χ4v) is 4.53. The maximum Gasteiger partial charge on any atom is 0.119 e. The molecule has 0 saturated heterocycles. The number of benzene rings is 2. The van der Waals surface area contributed by atoms with Gasteiger partial charge >= 0.3 is 0 Å². The summed E-state index contributed by atoms with van der Waals surface area (Å²) in [5.74, 6) is 0.970. The second kappa shape index (κ2) is 19.4. The summed E-state index contributed by atoms with van der Waals surface area (Å²) >= 11 is 0. The van der Waals surface area contributed by atoms with E-state index in [1.165, 1.54) is 107 Å². The molecule has 0 bridgehead atoms. The quantitative estimate of drug-likeness (QED) is 0.165. The zero-order chi connectivity index (χ0) is 25.0. The second-order valence-corrected chi connectivity index (χ2v) is 10.1. The highest BCUT2D eigenvalue weighted by atomic mass is 16.5. The van der Waals surface area contributed by atoms with Gasteiger partial charge in [-0.05, 0) is 48.6 Å². The fourth-order valence-electron chi connectivity index (χ4n) is 4.53. The molecule has 196 valence electrons. The van der Waals surface area contributed by atoms with Crippen molar-refractivity contribution in [2.75, 3.05) is 13.2 Å². The summed E-state index contributed by atoms with van der Waals surface area (Å²) in [6, 6.07) is 17.3. The van der Waals surface area contributed by atoms with Gasteiger partial charge in [-0.15, -0.1) is 0 Å². The van der Waals surface area contributed by atoms with Crippen molar-refractivity contribution in [2.45, 2.75) is 123 Å². The Bertz CT molecular complexity index is 735. The Labute approximate surface area is 216 Å². The summed E-state index contributed by atoms with van der Waals surface area (Å²) in [6.07, 6.45) is 20.1. The molecule has 0 fully saturated rings. The highest BCUT2D eigenvalue weighted by Crippen LogP contribution is 2.25. The molecule has 0 aromatic heterocycles. The Balaban J connectivity index is 1.62. The van der Waals surface area contributed by atoms with E-state index >= 15 is 0 Å². The van der Waals surface area contributed by atoms with Crippen molar-refractivity contribution in [3.05, 3.63) is 54.1 Å². The standard InChI is InChI=1S/C33H52O2/c1-4-6-8-10-12-13-14-16-17-27-34-29(3)30-19-21-31(22-20-30)32-23-25-33(26-24-32)35-28-18-15-11-9-7-5-2/h19-26,29H,4-18,27-28H2,1-3H3. The van der Waals surface area contributed by atoms with Gasteiger partial charge in [-0.2, -0.15) is 0 Å². The lowest BCUT2D eigenvalue weighted by molar-refractivity contribution is 0.0627. The van der Waals surface area contributed by atoms with Gasteiger partial charge in [0, 0.05) is 6.61 Å². The second-order valence-electron chi connectivity index (χ2n) is 10.1. The van der Waals surface area contributed by atoms with Gasteiger partial charge in [0.15, 0.2) is 0 Å². The monoisotopic (exact) mass is 480 g/mol. The first-order valence-electron chi connectivity index (χ1n) is 14.7. The van der Waals surface area contributed by atoms with E-state index in [2.05, 4.69) is 69.3 Å². The molecule has 0 spiro atoms. The molecule has 2 aromatic carbocycles. The third kappa shape index (κ3) is 13.2. The summed E-state index contributed by atoms with van der Waals surface area (Å²) in [5.41, 5.74) is 3.72. The third-order valence-electron chi connectivity index (χ3n) is 6.95. The van der Waals surface area contributed by atoms with Crippen molar-refractivity contribution >= 4 is 0 Å². The van der Waals surface area contributed by atoms with Gasteiger partial charge in [0.2, 0.25) is 0 Å². The predicted octanol–water partition coefficient (Wildman–Crippen LogP) is 10.7. The van der Waals surface area contributed by atoms with Crippen molar-refractivity contribution in [3.8, 4) is 16.9 Å². The topological polar surface area (TPSA) is 18.5 Å². The van der Waals surface area contributed by atoms with Crippen LogP contribution in [0.5, 0.6) is 5.75 Å². The molecule has 0 aliphatic carbocycles. The summed E-state index contributed by atoms with van der Waals surface area (Å²) in [7, 11) is 0. The molecule has 0 N–H and O–H groups in total. The molecule has 2 nitrogen and oxygen atoms in total. The zero-order valence-electron chi connectivity index (χ0n) is 23.0.